The lowest BCUT2D eigenvalue weighted by molar-refractivity contribution is 0.449. The van der Waals surface area contributed by atoms with Gasteiger partial charge >= 0.3 is 0 Å². The Balaban J connectivity index is 1.91. The van der Waals surface area contributed by atoms with Gasteiger partial charge in [-0.1, -0.05) is 23.2 Å². The zero-order chi connectivity index (χ0) is 17.5. The number of hydrogen-bond donors (Lipinski definition) is 3. The number of phenols is 1. The summed E-state index contributed by atoms with van der Waals surface area (Å²) in [6.07, 6.45) is 2.22. The molecule has 0 radical (unpaired) electrons. The van der Waals surface area contributed by atoms with Crippen LogP contribution in [-0.2, 0) is 10.0 Å². The molecule has 0 spiro atoms. The monoisotopic (exact) mass is 388 g/mol. The second-order valence-electron chi connectivity index (χ2n) is 5.46. The number of benzene rings is 2. The highest BCUT2D eigenvalue weighted by Gasteiger charge is 2.22. The summed E-state index contributed by atoms with van der Waals surface area (Å²) in [6.45, 7) is 0. The van der Waals surface area contributed by atoms with Crippen LogP contribution in [0.1, 0.15) is 12.8 Å². The number of rotatable bonds is 5. The Morgan fingerprint density at radius 3 is 2.33 bits per heavy atom. The molecule has 0 unspecified atom stereocenters. The van der Waals surface area contributed by atoms with Crippen LogP contribution < -0.4 is 15.2 Å². The molecular weight excluding hydrogens is 375 g/mol. The van der Waals surface area contributed by atoms with Crippen molar-refractivity contribution in [3.63, 3.8) is 0 Å². The predicted octanol–water partition coefficient (Wildman–Crippen LogP) is 3.71. The van der Waals surface area contributed by atoms with Crippen molar-refractivity contribution >= 4 is 38.9 Å². The first-order valence-corrected chi connectivity index (χ1v) is 9.33. The van der Waals surface area contributed by atoms with Crippen LogP contribution in [0.25, 0.3) is 0 Å². The van der Waals surface area contributed by atoms with Crippen molar-refractivity contribution in [1.29, 1.82) is 0 Å². The van der Waals surface area contributed by atoms with Crippen LogP contribution in [-0.4, -0.2) is 19.6 Å². The van der Waals surface area contributed by atoms with Crippen LogP contribution >= 0.6 is 23.2 Å². The van der Waals surface area contributed by atoms with Gasteiger partial charge in [-0.2, -0.15) is 0 Å². The smallest absolute Gasteiger partial charge is 0.241 e. The fourth-order valence-corrected chi connectivity index (χ4v) is 3.31. The Bertz CT molecular complexity index is 875. The average Bonchev–Trinajstić information content (AvgIpc) is 3.27. The van der Waals surface area contributed by atoms with E-state index in [1.54, 1.807) is 12.1 Å². The van der Waals surface area contributed by atoms with Gasteiger partial charge in [0.15, 0.2) is 5.75 Å². The molecule has 9 heteroatoms. The number of phenolic OH excluding ortho intramolecular Hbond substituents is 1. The summed E-state index contributed by atoms with van der Waals surface area (Å²) in [5.41, 5.74) is 0.788. The fraction of sp³-hybridized carbons (Fsp3) is 0.200. The third-order valence-electron chi connectivity index (χ3n) is 3.40. The maximum Gasteiger partial charge on any atom is 0.241 e. The molecular formula is C15H14Cl2N2O4S. The highest BCUT2D eigenvalue weighted by atomic mass is 35.5. The van der Waals surface area contributed by atoms with Gasteiger partial charge in [0, 0.05) is 17.8 Å². The summed E-state index contributed by atoms with van der Waals surface area (Å²) in [6, 6.07) is 7.46. The second kappa shape index (κ2) is 6.33. The molecule has 0 saturated heterocycles. The van der Waals surface area contributed by atoms with Crippen LogP contribution in [0.3, 0.4) is 0 Å². The molecule has 0 atom stereocenters. The summed E-state index contributed by atoms with van der Waals surface area (Å²) in [7, 11) is -4.09. The minimum absolute atomic E-state index is 0.128. The number of hydrogen-bond acceptors (Lipinski definition) is 5. The first-order valence-electron chi connectivity index (χ1n) is 7.03. The Hall–Kier alpha value is -1.67. The Labute approximate surface area is 149 Å². The summed E-state index contributed by atoms with van der Waals surface area (Å²) in [5, 5.41) is 18.5. The molecule has 6 nitrogen and oxygen atoms in total. The van der Waals surface area contributed by atoms with Gasteiger partial charge in [-0.05, 0) is 37.1 Å². The van der Waals surface area contributed by atoms with Gasteiger partial charge in [-0.3, -0.25) is 0 Å². The van der Waals surface area contributed by atoms with Gasteiger partial charge in [0.05, 0.1) is 10.0 Å². The highest BCUT2D eigenvalue weighted by molar-refractivity contribution is 7.89. The number of halogens is 2. The van der Waals surface area contributed by atoms with Gasteiger partial charge in [0.25, 0.3) is 0 Å². The SMILES string of the molecule is NS(=O)(=O)c1cc(Oc2c(Cl)cc(NC3CC3)cc2Cl)ccc1O. The van der Waals surface area contributed by atoms with Gasteiger partial charge < -0.3 is 15.2 Å². The largest absolute Gasteiger partial charge is 0.507 e. The van der Waals surface area contributed by atoms with E-state index >= 15 is 0 Å². The Morgan fingerprint density at radius 1 is 1.17 bits per heavy atom. The van der Waals surface area contributed by atoms with E-state index in [0.29, 0.717) is 6.04 Å². The van der Waals surface area contributed by atoms with E-state index in [1.807, 2.05) is 0 Å². The summed E-state index contributed by atoms with van der Waals surface area (Å²) < 4.78 is 28.5. The number of anilines is 1. The van der Waals surface area contributed by atoms with Crippen molar-refractivity contribution in [1.82, 2.24) is 0 Å². The molecule has 1 saturated carbocycles. The first kappa shape index (κ1) is 17.2. The van der Waals surface area contributed by atoms with E-state index in [9.17, 15) is 13.5 Å². The molecule has 1 aliphatic rings. The maximum absolute atomic E-state index is 11.4. The third-order valence-corrected chi connectivity index (χ3v) is 4.91. The number of aromatic hydroxyl groups is 1. The summed E-state index contributed by atoms with van der Waals surface area (Å²) in [4.78, 5) is -0.445. The highest BCUT2D eigenvalue weighted by Crippen LogP contribution is 2.40. The molecule has 3 rings (SSSR count). The van der Waals surface area contributed by atoms with Crippen LogP contribution in [0.4, 0.5) is 5.69 Å². The van der Waals surface area contributed by atoms with Gasteiger partial charge in [0.2, 0.25) is 10.0 Å². The second-order valence-corrected chi connectivity index (χ2v) is 7.81. The molecule has 0 bridgehead atoms. The number of nitrogens with one attached hydrogen (secondary N) is 1. The number of nitrogens with two attached hydrogens (primary N) is 1. The zero-order valence-electron chi connectivity index (χ0n) is 12.3. The number of ether oxygens (including phenoxy) is 1. The van der Waals surface area contributed by atoms with Crippen LogP contribution in [0.15, 0.2) is 35.2 Å². The minimum Gasteiger partial charge on any atom is -0.507 e. The van der Waals surface area contributed by atoms with E-state index in [0.717, 1.165) is 24.6 Å². The molecule has 128 valence electrons. The van der Waals surface area contributed by atoms with E-state index in [2.05, 4.69) is 5.32 Å². The molecule has 0 amide bonds. The molecule has 1 fully saturated rings. The first-order chi connectivity index (χ1) is 11.2. The summed E-state index contributed by atoms with van der Waals surface area (Å²) in [5.74, 6) is -0.153. The number of sulfonamides is 1. The predicted molar refractivity (Wildman–Crippen MR) is 92.7 cm³/mol. The average molecular weight is 389 g/mol. The molecule has 0 aromatic heterocycles. The van der Waals surface area contributed by atoms with Gasteiger partial charge in [0.1, 0.15) is 16.4 Å². The van der Waals surface area contributed by atoms with E-state index in [-0.39, 0.29) is 21.5 Å². The maximum atomic E-state index is 11.4. The Kier molecular flexibility index (Phi) is 4.52. The summed E-state index contributed by atoms with van der Waals surface area (Å²) >= 11 is 12.4. The van der Waals surface area contributed by atoms with Crippen molar-refractivity contribution in [2.24, 2.45) is 5.14 Å². The standard InChI is InChI=1S/C15H14Cl2N2O4S/c16-11-5-9(19-8-1-2-8)6-12(17)15(11)23-10-3-4-13(20)14(7-10)24(18,21)22/h3-8,19-20H,1-2H2,(H2,18,21,22). The van der Waals surface area contributed by atoms with Crippen molar-refractivity contribution in [2.75, 3.05) is 5.32 Å². The van der Waals surface area contributed by atoms with E-state index in [4.69, 9.17) is 33.1 Å². The van der Waals surface area contributed by atoms with Crippen LogP contribution in [0.2, 0.25) is 10.0 Å². The topological polar surface area (TPSA) is 102 Å². The lowest BCUT2D eigenvalue weighted by Gasteiger charge is -2.13. The van der Waals surface area contributed by atoms with Crippen LogP contribution in [0, 0.1) is 0 Å². The quantitative estimate of drug-likeness (QED) is 0.724. The van der Waals surface area contributed by atoms with Crippen molar-refractivity contribution in [3.8, 4) is 17.2 Å². The number of primary sulfonamides is 1. The molecule has 2 aromatic carbocycles. The van der Waals surface area contributed by atoms with Gasteiger partial charge in [-0.25, -0.2) is 13.6 Å². The molecule has 4 N–H and O–H groups in total. The molecule has 24 heavy (non-hydrogen) atoms. The van der Waals surface area contributed by atoms with Crippen molar-refractivity contribution < 1.29 is 18.3 Å². The van der Waals surface area contributed by atoms with Crippen LogP contribution in [0.5, 0.6) is 17.2 Å². The third kappa shape index (κ3) is 3.87. The zero-order valence-corrected chi connectivity index (χ0v) is 14.6. The lowest BCUT2D eigenvalue weighted by atomic mass is 10.3. The lowest BCUT2D eigenvalue weighted by Crippen LogP contribution is -2.12. The van der Waals surface area contributed by atoms with E-state index in [1.165, 1.54) is 12.1 Å². The molecule has 0 aliphatic heterocycles. The van der Waals surface area contributed by atoms with E-state index < -0.39 is 20.7 Å². The van der Waals surface area contributed by atoms with Gasteiger partial charge in [-0.15, -0.1) is 0 Å². The molecule has 1 aliphatic carbocycles. The normalized spacial score (nSPS) is 14.5. The molecule has 2 aromatic rings. The fourth-order valence-electron chi connectivity index (χ4n) is 2.11. The minimum atomic E-state index is -4.09. The van der Waals surface area contributed by atoms with Crippen molar-refractivity contribution in [2.45, 2.75) is 23.8 Å². The van der Waals surface area contributed by atoms with Crippen molar-refractivity contribution in [3.05, 3.63) is 40.4 Å². The Morgan fingerprint density at radius 2 is 1.79 bits per heavy atom. The molecule has 0 heterocycles.